The van der Waals surface area contributed by atoms with Gasteiger partial charge in [-0.05, 0) is 109 Å². The van der Waals surface area contributed by atoms with Crippen molar-refractivity contribution >= 4 is 17.9 Å². The van der Waals surface area contributed by atoms with Crippen molar-refractivity contribution in [2.45, 2.75) is 277 Å². The third-order valence-corrected chi connectivity index (χ3v) is 12.1. The van der Waals surface area contributed by atoms with E-state index in [0.29, 0.717) is 19.3 Å². The lowest BCUT2D eigenvalue weighted by atomic mass is 10.1. The van der Waals surface area contributed by atoms with Crippen molar-refractivity contribution in [2.75, 3.05) is 13.2 Å². The average Bonchev–Trinajstić information content (AvgIpc) is 3.34. The van der Waals surface area contributed by atoms with E-state index in [2.05, 4.69) is 106 Å². The maximum Gasteiger partial charge on any atom is 0.306 e. The fourth-order valence-corrected chi connectivity index (χ4v) is 7.83. The number of unbranched alkanes of at least 4 members (excludes halogenated alkanes) is 27. The molecule has 0 amide bonds. The van der Waals surface area contributed by atoms with E-state index in [9.17, 15) is 14.4 Å². The number of hydrogen-bond donors (Lipinski definition) is 0. The first-order valence-corrected chi connectivity index (χ1v) is 28.6. The number of ether oxygens (including phenoxy) is 3. The van der Waals surface area contributed by atoms with Gasteiger partial charge >= 0.3 is 17.9 Å². The zero-order valence-electron chi connectivity index (χ0n) is 44.6. The molecule has 0 aromatic rings. The van der Waals surface area contributed by atoms with Crippen molar-refractivity contribution in [1.29, 1.82) is 0 Å². The van der Waals surface area contributed by atoms with E-state index in [0.717, 1.165) is 103 Å². The Balaban J connectivity index is 4.41. The maximum absolute atomic E-state index is 12.9. The van der Waals surface area contributed by atoms with Crippen LogP contribution in [0.25, 0.3) is 0 Å². The monoisotopic (exact) mass is 947 g/mol. The minimum Gasteiger partial charge on any atom is -0.462 e. The molecule has 1 unspecified atom stereocenters. The van der Waals surface area contributed by atoms with Gasteiger partial charge in [-0.3, -0.25) is 14.4 Å². The molecule has 1 atom stereocenters. The predicted octanol–water partition coefficient (Wildman–Crippen LogP) is 19.2. The summed E-state index contributed by atoms with van der Waals surface area (Å²) in [7, 11) is 0. The van der Waals surface area contributed by atoms with Gasteiger partial charge in [-0.2, -0.15) is 0 Å². The van der Waals surface area contributed by atoms with E-state index in [-0.39, 0.29) is 31.1 Å². The van der Waals surface area contributed by atoms with E-state index in [1.54, 1.807) is 0 Å². The quantitative estimate of drug-likeness (QED) is 0.0199. The smallest absolute Gasteiger partial charge is 0.306 e. The summed E-state index contributed by atoms with van der Waals surface area (Å²) >= 11 is 0. The van der Waals surface area contributed by atoms with Gasteiger partial charge in [0.05, 0.1) is 0 Å². The largest absolute Gasteiger partial charge is 0.462 e. The molecule has 0 radical (unpaired) electrons. The van der Waals surface area contributed by atoms with Crippen molar-refractivity contribution in [3.63, 3.8) is 0 Å². The molecule has 0 saturated carbocycles. The molecule has 0 N–H and O–H groups in total. The number of hydrogen-bond acceptors (Lipinski definition) is 6. The lowest BCUT2D eigenvalue weighted by molar-refractivity contribution is -0.167. The fourth-order valence-electron chi connectivity index (χ4n) is 7.83. The van der Waals surface area contributed by atoms with E-state index < -0.39 is 6.10 Å². The van der Waals surface area contributed by atoms with Gasteiger partial charge in [-0.25, -0.2) is 0 Å². The molecule has 0 aliphatic carbocycles. The minimum absolute atomic E-state index is 0.0888. The summed E-state index contributed by atoms with van der Waals surface area (Å²) in [6.07, 6.45) is 72.8. The number of esters is 3. The summed E-state index contributed by atoms with van der Waals surface area (Å²) in [4.78, 5) is 38.2. The van der Waals surface area contributed by atoms with Crippen LogP contribution < -0.4 is 0 Å². The van der Waals surface area contributed by atoms with E-state index in [4.69, 9.17) is 14.2 Å². The highest BCUT2D eigenvalue weighted by atomic mass is 16.6. The van der Waals surface area contributed by atoms with E-state index >= 15 is 0 Å². The summed E-state index contributed by atoms with van der Waals surface area (Å²) in [6.45, 7) is 6.46. The molecule has 0 aliphatic heterocycles. The zero-order valence-corrected chi connectivity index (χ0v) is 44.6. The summed E-state index contributed by atoms with van der Waals surface area (Å²) in [6, 6.07) is 0. The summed E-state index contributed by atoms with van der Waals surface area (Å²) in [5, 5.41) is 0. The van der Waals surface area contributed by atoms with E-state index in [1.165, 1.54) is 128 Å². The van der Waals surface area contributed by atoms with Crippen LogP contribution in [0.4, 0.5) is 0 Å². The molecule has 68 heavy (non-hydrogen) atoms. The van der Waals surface area contributed by atoms with Crippen molar-refractivity contribution in [2.24, 2.45) is 0 Å². The third kappa shape index (κ3) is 53.5. The summed E-state index contributed by atoms with van der Waals surface area (Å²) in [5.74, 6) is -0.918. The van der Waals surface area contributed by atoms with Gasteiger partial charge in [0.1, 0.15) is 13.2 Å². The van der Waals surface area contributed by atoms with Gasteiger partial charge in [0.25, 0.3) is 0 Å². The van der Waals surface area contributed by atoms with Crippen LogP contribution in [0.2, 0.25) is 0 Å². The van der Waals surface area contributed by atoms with Crippen LogP contribution in [0.1, 0.15) is 271 Å². The SMILES string of the molecule is CC/C=C\C/C=C\C/C=C\CCCCCCC(=O)OCC(COC(=O)CCCCCCCCCCCC/C=C\C=C/CCCCC)OC(=O)CCCCCCCCC/C=C\C/C=C\CCCCC. The Morgan fingerprint density at radius 1 is 0.324 bits per heavy atom. The highest BCUT2D eigenvalue weighted by Gasteiger charge is 2.19. The van der Waals surface area contributed by atoms with Crippen LogP contribution in [-0.2, 0) is 28.6 Å². The van der Waals surface area contributed by atoms with Gasteiger partial charge in [0.15, 0.2) is 6.10 Å². The lowest BCUT2D eigenvalue weighted by Gasteiger charge is -2.18. The summed E-state index contributed by atoms with van der Waals surface area (Å²) in [5.41, 5.74) is 0. The van der Waals surface area contributed by atoms with Crippen LogP contribution in [0.3, 0.4) is 0 Å². The Labute approximate surface area is 420 Å². The Morgan fingerprint density at radius 3 is 0.985 bits per heavy atom. The van der Waals surface area contributed by atoms with Crippen molar-refractivity contribution in [3.8, 4) is 0 Å². The standard InChI is InChI=1S/C62H106O6/c1-4-7-10-13-16-19-22-25-28-30-31-33-34-37-40-43-46-49-52-55-61(64)67-58-59(57-66-60(63)54-51-48-45-42-39-36-27-24-21-18-15-12-9-6-3)68-62(65)56-53-50-47-44-41-38-35-32-29-26-23-20-17-14-11-8-5-2/h9,12,16-22,25-27,29,36,59H,4-8,10-11,13-15,23-24,28,30-35,37-58H2,1-3H3/b12-9-,19-16-,20-17-,21-18-,25-22-,29-26-,36-27-. The second kappa shape index (κ2) is 56.2. The van der Waals surface area contributed by atoms with Crippen LogP contribution in [0.15, 0.2) is 85.1 Å². The molecule has 0 fully saturated rings. The second-order valence-corrected chi connectivity index (χ2v) is 18.8. The highest BCUT2D eigenvalue weighted by molar-refractivity contribution is 5.71. The molecule has 0 aromatic heterocycles. The third-order valence-electron chi connectivity index (χ3n) is 12.1. The van der Waals surface area contributed by atoms with Gasteiger partial charge in [0, 0.05) is 19.3 Å². The van der Waals surface area contributed by atoms with Crippen LogP contribution >= 0.6 is 0 Å². The number of allylic oxidation sites excluding steroid dienone is 14. The molecular formula is C62H106O6. The van der Waals surface area contributed by atoms with Gasteiger partial charge in [-0.1, -0.05) is 228 Å². The Bertz CT molecular complexity index is 1320. The number of carbonyl (C=O) groups excluding carboxylic acids is 3. The Morgan fingerprint density at radius 2 is 0.618 bits per heavy atom. The maximum atomic E-state index is 12.9. The summed E-state index contributed by atoms with van der Waals surface area (Å²) < 4.78 is 16.8. The first-order valence-electron chi connectivity index (χ1n) is 28.6. The normalized spacial score (nSPS) is 12.7. The second-order valence-electron chi connectivity index (χ2n) is 18.8. The molecule has 6 heteroatoms. The minimum atomic E-state index is -0.792. The first-order chi connectivity index (χ1) is 33.5. The molecule has 0 heterocycles. The van der Waals surface area contributed by atoms with Gasteiger partial charge in [-0.15, -0.1) is 0 Å². The molecule has 0 bridgehead atoms. The molecule has 0 saturated heterocycles. The van der Waals surface area contributed by atoms with Crippen LogP contribution in [0.5, 0.6) is 0 Å². The van der Waals surface area contributed by atoms with E-state index in [1.807, 2.05) is 0 Å². The van der Waals surface area contributed by atoms with Crippen molar-refractivity contribution in [1.82, 2.24) is 0 Å². The number of carbonyl (C=O) groups is 3. The van der Waals surface area contributed by atoms with Gasteiger partial charge in [0.2, 0.25) is 0 Å². The zero-order chi connectivity index (χ0) is 49.3. The highest BCUT2D eigenvalue weighted by Crippen LogP contribution is 2.15. The van der Waals surface area contributed by atoms with Crippen LogP contribution in [0, 0.1) is 0 Å². The van der Waals surface area contributed by atoms with Crippen LogP contribution in [-0.4, -0.2) is 37.2 Å². The predicted molar refractivity (Wildman–Crippen MR) is 293 cm³/mol. The molecule has 0 aliphatic rings. The van der Waals surface area contributed by atoms with Gasteiger partial charge < -0.3 is 14.2 Å². The molecule has 6 nitrogen and oxygen atoms in total. The number of rotatable bonds is 51. The Hall–Kier alpha value is -3.41. The molecule has 0 aromatic carbocycles. The molecular weight excluding hydrogens is 841 g/mol. The molecule has 0 spiro atoms. The van der Waals surface area contributed by atoms with Crippen molar-refractivity contribution in [3.05, 3.63) is 85.1 Å². The average molecular weight is 948 g/mol. The molecule has 390 valence electrons. The first kappa shape index (κ1) is 64.6. The Kier molecular flexibility index (Phi) is 53.4. The lowest BCUT2D eigenvalue weighted by Crippen LogP contribution is -2.30. The fraction of sp³-hybridized carbons (Fsp3) is 0.726. The topological polar surface area (TPSA) is 78.9 Å². The van der Waals surface area contributed by atoms with Crippen molar-refractivity contribution < 1.29 is 28.6 Å². The molecule has 0 rings (SSSR count).